The Balaban J connectivity index is 2.50. The van der Waals surface area contributed by atoms with Crippen LogP contribution in [-0.2, 0) is 11.2 Å². The molecule has 1 heterocycles. The molecular weight excluding hydrogens is 282 g/mol. The van der Waals surface area contributed by atoms with Gasteiger partial charge in [0.2, 0.25) is 0 Å². The van der Waals surface area contributed by atoms with Crippen molar-refractivity contribution in [1.29, 1.82) is 0 Å². The number of hydrogen-bond acceptors (Lipinski definition) is 1. The van der Waals surface area contributed by atoms with E-state index in [9.17, 15) is 4.79 Å². The van der Waals surface area contributed by atoms with Crippen LogP contribution in [0.4, 0.5) is 0 Å². The Kier molecular flexibility index (Phi) is 3.24. The van der Waals surface area contributed by atoms with E-state index in [1.165, 1.54) is 0 Å². The van der Waals surface area contributed by atoms with Gasteiger partial charge in [0.05, 0.1) is 11.4 Å². The first kappa shape index (κ1) is 12.2. The number of rotatable bonds is 3. The average Bonchev–Trinajstić information content (AvgIpc) is 2.58. The van der Waals surface area contributed by atoms with Gasteiger partial charge >= 0.3 is 5.97 Å². The molecule has 1 aromatic carbocycles. The van der Waals surface area contributed by atoms with Gasteiger partial charge in [0, 0.05) is 15.6 Å². The van der Waals surface area contributed by atoms with Crippen molar-refractivity contribution in [1.82, 2.24) is 4.98 Å². The van der Waals surface area contributed by atoms with E-state index in [-0.39, 0.29) is 5.92 Å². The number of carboxylic acids is 1. The normalized spacial score (nSPS) is 12.9. The monoisotopic (exact) mass is 295 g/mol. The zero-order valence-electron chi connectivity index (χ0n) is 9.75. The molecule has 1 aromatic heterocycles. The maximum absolute atomic E-state index is 10.9. The molecule has 0 aliphatic heterocycles. The lowest BCUT2D eigenvalue weighted by molar-refractivity contribution is -0.141. The fourth-order valence-electron chi connectivity index (χ4n) is 2.02. The summed E-state index contributed by atoms with van der Waals surface area (Å²) in [4.78, 5) is 14.2. The molecule has 0 radical (unpaired) electrons. The minimum atomic E-state index is -0.756. The smallest absolute Gasteiger partial charge is 0.306 e. The maximum Gasteiger partial charge on any atom is 0.306 e. The van der Waals surface area contributed by atoms with Crippen molar-refractivity contribution < 1.29 is 9.90 Å². The van der Waals surface area contributed by atoms with Crippen LogP contribution >= 0.6 is 15.9 Å². The summed E-state index contributed by atoms with van der Waals surface area (Å²) in [6, 6.07) is 5.96. The Morgan fingerprint density at radius 3 is 2.88 bits per heavy atom. The van der Waals surface area contributed by atoms with Crippen LogP contribution in [0.1, 0.15) is 18.2 Å². The Morgan fingerprint density at radius 2 is 2.24 bits per heavy atom. The van der Waals surface area contributed by atoms with Crippen molar-refractivity contribution in [2.24, 2.45) is 5.92 Å². The third kappa shape index (κ3) is 2.22. The summed E-state index contributed by atoms with van der Waals surface area (Å²) in [5, 5.41) is 10.1. The number of H-pyrrole nitrogens is 1. The van der Waals surface area contributed by atoms with Crippen molar-refractivity contribution >= 4 is 32.8 Å². The number of para-hydroxylation sites is 1. The molecule has 2 rings (SSSR count). The molecule has 90 valence electrons. The third-order valence-corrected chi connectivity index (χ3v) is 3.70. The van der Waals surface area contributed by atoms with Crippen molar-refractivity contribution in [3.8, 4) is 0 Å². The van der Waals surface area contributed by atoms with E-state index < -0.39 is 5.97 Å². The number of aryl methyl sites for hydroxylation is 1. The number of fused-ring (bicyclic) bond motifs is 1. The van der Waals surface area contributed by atoms with E-state index in [1.54, 1.807) is 6.92 Å². The van der Waals surface area contributed by atoms with Gasteiger partial charge in [0.1, 0.15) is 0 Å². The van der Waals surface area contributed by atoms with Crippen LogP contribution in [0.25, 0.3) is 10.9 Å². The van der Waals surface area contributed by atoms with Gasteiger partial charge < -0.3 is 10.1 Å². The standard InChI is InChI=1S/C13H14BrNO2/c1-7(13(16)17)6-10-8(2)15-12-9(10)4-3-5-11(12)14/h3-5,7,15H,6H2,1-2H3,(H,16,17). The highest BCUT2D eigenvalue weighted by Gasteiger charge is 2.17. The number of halogens is 1. The van der Waals surface area contributed by atoms with E-state index >= 15 is 0 Å². The number of aliphatic carboxylic acids is 1. The van der Waals surface area contributed by atoms with Gasteiger partial charge in [-0.25, -0.2) is 0 Å². The fourth-order valence-corrected chi connectivity index (χ4v) is 2.49. The number of hydrogen-bond donors (Lipinski definition) is 2. The van der Waals surface area contributed by atoms with Crippen LogP contribution < -0.4 is 0 Å². The van der Waals surface area contributed by atoms with Crippen LogP contribution in [0.5, 0.6) is 0 Å². The zero-order valence-corrected chi connectivity index (χ0v) is 11.3. The minimum Gasteiger partial charge on any atom is -0.481 e. The van der Waals surface area contributed by atoms with Crippen molar-refractivity contribution in [3.05, 3.63) is 33.9 Å². The number of carbonyl (C=O) groups is 1. The first-order chi connectivity index (χ1) is 8.00. The van der Waals surface area contributed by atoms with Crippen LogP contribution in [0.15, 0.2) is 22.7 Å². The second kappa shape index (κ2) is 4.53. The molecule has 0 fully saturated rings. The molecule has 17 heavy (non-hydrogen) atoms. The molecule has 0 saturated carbocycles. The highest BCUT2D eigenvalue weighted by Crippen LogP contribution is 2.29. The Bertz CT molecular complexity index is 574. The second-order valence-electron chi connectivity index (χ2n) is 4.33. The van der Waals surface area contributed by atoms with Crippen LogP contribution in [0.3, 0.4) is 0 Å². The van der Waals surface area contributed by atoms with Gasteiger partial charge in [-0.1, -0.05) is 19.1 Å². The maximum atomic E-state index is 10.9. The average molecular weight is 296 g/mol. The number of aromatic amines is 1. The summed E-state index contributed by atoms with van der Waals surface area (Å²) in [6.07, 6.45) is 0.553. The Hall–Kier alpha value is -1.29. The summed E-state index contributed by atoms with van der Waals surface area (Å²) in [6.45, 7) is 3.72. The highest BCUT2D eigenvalue weighted by molar-refractivity contribution is 9.10. The summed E-state index contributed by atoms with van der Waals surface area (Å²) in [7, 11) is 0. The first-order valence-electron chi connectivity index (χ1n) is 5.49. The molecule has 0 aliphatic rings. The molecule has 1 unspecified atom stereocenters. The summed E-state index contributed by atoms with van der Waals surface area (Å²) >= 11 is 3.49. The lowest BCUT2D eigenvalue weighted by Crippen LogP contribution is -2.12. The number of carboxylic acid groups (broad SMARTS) is 1. The van der Waals surface area contributed by atoms with E-state index in [4.69, 9.17) is 5.11 Å². The van der Waals surface area contributed by atoms with Crippen LogP contribution in [0.2, 0.25) is 0 Å². The van der Waals surface area contributed by atoms with E-state index in [1.807, 2.05) is 25.1 Å². The summed E-state index contributed by atoms with van der Waals surface area (Å²) in [5.74, 6) is -1.12. The molecule has 0 amide bonds. The first-order valence-corrected chi connectivity index (χ1v) is 6.28. The van der Waals surface area contributed by atoms with E-state index in [0.29, 0.717) is 6.42 Å². The van der Waals surface area contributed by atoms with E-state index in [0.717, 1.165) is 26.6 Å². The van der Waals surface area contributed by atoms with Gasteiger partial charge in [-0.2, -0.15) is 0 Å². The van der Waals surface area contributed by atoms with Gasteiger partial charge in [0.25, 0.3) is 0 Å². The lowest BCUT2D eigenvalue weighted by Gasteiger charge is -2.06. The molecular formula is C13H14BrNO2. The molecule has 0 saturated heterocycles. The largest absolute Gasteiger partial charge is 0.481 e. The molecule has 0 aliphatic carbocycles. The highest BCUT2D eigenvalue weighted by atomic mass is 79.9. The predicted molar refractivity (Wildman–Crippen MR) is 71.2 cm³/mol. The SMILES string of the molecule is Cc1[nH]c2c(Br)cccc2c1CC(C)C(=O)O. The molecule has 2 aromatic rings. The van der Waals surface area contributed by atoms with Gasteiger partial charge in [0.15, 0.2) is 0 Å². The lowest BCUT2D eigenvalue weighted by atomic mass is 9.99. The predicted octanol–water partition coefficient (Wildman–Crippen LogP) is 3.50. The van der Waals surface area contributed by atoms with Crippen molar-refractivity contribution in [2.45, 2.75) is 20.3 Å². The molecule has 2 N–H and O–H groups in total. The fraction of sp³-hybridized carbons (Fsp3) is 0.308. The summed E-state index contributed by atoms with van der Waals surface area (Å²) < 4.78 is 1.01. The summed E-state index contributed by atoms with van der Waals surface area (Å²) in [5.41, 5.74) is 3.17. The quantitative estimate of drug-likeness (QED) is 0.910. The zero-order chi connectivity index (χ0) is 12.6. The van der Waals surface area contributed by atoms with Crippen molar-refractivity contribution in [3.63, 3.8) is 0 Å². The second-order valence-corrected chi connectivity index (χ2v) is 5.19. The molecule has 0 bridgehead atoms. The topological polar surface area (TPSA) is 53.1 Å². The Morgan fingerprint density at radius 1 is 1.53 bits per heavy atom. The van der Waals surface area contributed by atoms with Gasteiger partial charge in [-0.05, 0) is 40.9 Å². The van der Waals surface area contributed by atoms with Crippen molar-refractivity contribution in [2.75, 3.05) is 0 Å². The molecule has 0 spiro atoms. The Labute approximate surface area is 108 Å². The molecule has 3 nitrogen and oxygen atoms in total. The van der Waals surface area contributed by atoms with Crippen LogP contribution in [0, 0.1) is 12.8 Å². The van der Waals surface area contributed by atoms with Gasteiger partial charge in [-0.15, -0.1) is 0 Å². The number of aromatic nitrogens is 1. The van der Waals surface area contributed by atoms with Gasteiger partial charge in [-0.3, -0.25) is 4.79 Å². The molecule has 4 heteroatoms. The minimum absolute atomic E-state index is 0.369. The molecule has 1 atom stereocenters. The third-order valence-electron chi connectivity index (χ3n) is 3.04. The number of nitrogens with one attached hydrogen (secondary N) is 1. The van der Waals surface area contributed by atoms with Crippen LogP contribution in [-0.4, -0.2) is 16.1 Å². The number of benzene rings is 1. The van der Waals surface area contributed by atoms with E-state index in [2.05, 4.69) is 20.9 Å².